The van der Waals surface area contributed by atoms with Gasteiger partial charge in [-0.05, 0) is 12.1 Å². The van der Waals surface area contributed by atoms with Crippen LogP contribution in [0.4, 0.5) is 14.5 Å². The molecule has 0 saturated heterocycles. The van der Waals surface area contributed by atoms with Crippen molar-refractivity contribution in [2.24, 2.45) is 0 Å². The monoisotopic (exact) mass is 173 g/mol. The molecule has 66 valence electrons. The molecule has 1 aromatic rings. The molecule has 4 heteroatoms. The van der Waals surface area contributed by atoms with Crippen molar-refractivity contribution in [1.29, 1.82) is 0 Å². The molecule has 0 spiro atoms. The van der Waals surface area contributed by atoms with Crippen molar-refractivity contribution in [1.82, 2.24) is 0 Å². The van der Waals surface area contributed by atoms with Crippen LogP contribution < -0.4 is 5.32 Å². The van der Waals surface area contributed by atoms with Gasteiger partial charge in [0.2, 0.25) is 0 Å². The molecule has 0 unspecified atom stereocenters. The molecule has 0 radical (unpaired) electrons. The number of aliphatic hydroxyl groups is 1. The maximum absolute atomic E-state index is 12.8. The highest BCUT2D eigenvalue weighted by Gasteiger charge is 2.01. The first-order chi connectivity index (χ1) is 5.74. The third-order valence-electron chi connectivity index (χ3n) is 1.36. The second-order valence-electron chi connectivity index (χ2n) is 2.27. The van der Waals surface area contributed by atoms with Crippen molar-refractivity contribution in [3.05, 3.63) is 29.8 Å². The topological polar surface area (TPSA) is 32.3 Å². The van der Waals surface area contributed by atoms with Gasteiger partial charge in [-0.1, -0.05) is 0 Å². The van der Waals surface area contributed by atoms with Crippen molar-refractivity contribution in [2.75, 3.05) is 18.5 Å². The molecular weight excluding hydrogens is 164 g/mol. The van der Waals surface area contributed by atoms with E-state index in [0.29, 0.717) is 0 Å². The normalized spacial score (nSPS) is 9.92. The van der Waals surface area contributed by atoms with Gasteiger partial charge >= 0.3 is 0 Å². The second-order valence-corrected chi connectivity index (χ2v) is 2.27. The summed E-state index contributed by atoms with van der Waals surface area (Å²) in [7, 11) is 0. The Morgan fingerprint density at radius 1 is 1.33 bits per heavy atom. The lowest BCUT2D eigenvalue weighted by atomic mass is 10.3. The largest absolute Gasteiger partial charge is 0.395 e. The zero-order valence-electron chi connectivity index (χ0n) is 6.35. The number of hydrogen-bond acceptors (Lipinski definition) is 2. The van der Waals surface area contributed by atoms with E-state index in [1.165, 1.54) is 6.07 Å². The van der Waals surface area contributed by atoms with Crippen molar-refractivity contribution >= 4 is 5.69 Å². The van der Waals surface area contributed by atoms with Gasteiger partial charge in [0, 0.05) is 12.6 Å². The highest BCUT2D eigenvalue weighted by atomic mass is 19.1. The van der Waals surface area contributed by atoms with Crippen LogP contribution in [0.5, 0.6) is 0 Å². The average molecular weight is 173 g/mol. The molecule has 1 rings (SSSR count). The predicted molar refractivity (Wildman–Crippen MR) is 41.9 cm³/mol. The van der Waals surface area contributed by atoms with Crippen LogP contribution in [-0.2, 0) is 0 Å². The van der Waals surface area contributed by atoms with E-state index in [9.17, 15) is 8.78 Å². The fourth-order valence-corrected chi connectivity index (χ4v) is 0.823. The van der Waals surface area contributed by atoms with Crippen molar-refractivity contribution in [2.45, 2.75) is 0 Å². The smallest absolute Gasteiger partial charge is 0.149 e. The molecule has 0 aliphatic rings. The van der Waals surface area contributed by atoms with Crippen molar-refractivity contribution < 1.29 is 13.9 Å². The zero-order valence-corrected chi connectivity index (χ0v) is 6.35. The fraction of sp³-hybridized carbons (Fsp3) is 0.250. The summed E-state index contributed by atoms with van der Waals surface area (Å²) in [6, 6.07) is 3.24. The van der Waals surface area contributed by atoms with Gasteiger partial charge in [0.25, 0.3) is 0 Å². The Hall–Kier alpha value is -1.16. The number of anilines is 1. The molecule has 0 amide bonds. The van der Waals surface area contributed by atoms with Crippen LogP contribution in [0.2, 0.25) is 0 Å². The molecule has 2 nitrogen and oxygen atoms in total. The minimum Gasteiger partial charge on any atom is -0.395 e. The van der Waals surface area contributed by atoms with Crippen LogP contribution in [0.15, 0.2) is 18.2 Å². The minimum absolute atomic E-state index is 0.0865. The molecule has 2 N–H and O–H groups in total. The van der Waals surface area contributed by atoms with Crippen LogP contribution in [0.3, 0.4) is 0 Å². The zero-order chi connectivity index (χ0) is 8.97. The number of rotatable bonds is 3. The summed E-state index contributed by atoms with van der Waals surface area (Å²) in [4.78, 5) is 0. The number of aliphatic hydroxyl groups excluding tert-OH is 1. The molecule has 0 saturated carbocycles. The maximum atomic E-state index is 12.8. The summed E-state index contributed by atoms with van der Waals surface area (Å²) in [5.74, 6) is -1.26. The first kappa shape index (κ1) is 8.93. The van der Waals surface area contributed by atoms with E-state index < -0.39 is 11.6 Å². The quantitative estimate of drug-likeness (QED) is 0.723. The van der Waals surface area contributed by atoms with Gasteiger partial charge in [-0.25, -0.2) is 8.78 Å². The molecule has 1 aromatic carbocycles. The van der Waals surface area contributed by atoms with Crippen molar-refractivity contribution in [3.63, 3.8) is 0 Å². The molecular formula is C8H9F2NO. The van der Waals surface area contributed by atoms with Gasteiger partial charge in [-0.15, -0.1) is 0 Å². The molecule has 12 heavy (non-hydrogen) atoms. The standard InChI is InChI=1S/C8H9F2NO/c9-6-1-2-8(7(10)5-6)11-3-4-12/h1-2,5,11-12H,3-4H2. The predicted octanol–water partition coefficient (Wildman–Crippen LogP) is 1.37. The van der Waals surface area contributed by atoms with Crippen LogP contribution in [0.1, 0.15) is 0 Å². The van der Waals surface area contributed by atoms with Crippen LogP contribution in [-0.4, -0.2) is 18.3 Å². The molecule has 0 aromatic heterocycles. The molecule has 0 fully saturated rings. The summed E-state index contributed by atoms with van der Waals surface area (Å²) < 4.78 is 25.1. The lowest BCUT2D eigenvalue weighted by Crippen LogP contribution is -2.06. The number of halogens is 2. The van der Waals surface area contributed by atoms with Gasteiger partial charge in [-0.2, -0.15) is 0 Å². The Balaban J connectivity index is 2.72. The SMILES string of the molecule is OCCNc1ccc(F)cc1F. The van der Waals surface area contributed by atoms with E-state index in [1.54, 1.807) is 0 Å². The third-order valence-corrected chi connectivity index (χ3v) is 1.36. The van der Waals surface area contributed by atoms with E-state index in [2.05, 4.69) is 5.32 Å². The Bertz CT molecular complexity index is 265. The van der Waals surface area contributed by atoms with Crippen LogP contribution in [0, 0.1) is 11.6 Å². The number of benzene rings is 1. The summed E-state index contributed by atoms with van der Waals surface area (Å²) >= 11 is 0. The van der Waals surface area contributed by atoms with E-state index in [4.69, 9.17) is 5.11 Å². The fourth-order valence-electron chi connectivity index (χ4n) is 0.823. The van der Waals surface area contributed by atoms with E-state index >= 15 is 0 Å². The molecule has 0 heterocycles. The Morgan fingerprint density at radius 2 is 2.08 bits per heavy atom. The average Bonchev–Trinajstić information content (AvgIpc) is 2.03. The Morgan fingerprint density at radius 3 is 2.67 bits per heavy atom. The van der Waals surface area contributed by atoms with Gasteiger partial charge < -0.3 is 10.4 Å². The third kappa shape index (κ3) is 2.17. The number of hydrogen-bond donors (Lipinski definition) is 2. The Kier molecular flexibility index (Phi) is 2.99. The molecule has 0 bridgehead atoms. The maximum Gasteiger partial charge on any atom is 0.149 e. The van der Waals surface area contributed by atoms with Gasteiger partial charge in [0.15, 0.2) is 0 Å². The second kappa shape index (κ2) is 4.01. The summed E-state index contributed by atoms with van der Waals surface area (Å²) in [6.45, 7) is 0.166. The van der Waals surface area contributed by atoms with Crippen LogP contribution >= 0.6 is 0 Å². The summed E-state index contributed by atoms with van der Waals surface area (Å²) in [5.41, 5.74) is 0.199. The molecule has 0 atom stereocenters. The molecule has 0 aliphatic carbocycles. The first-order valence-corrected chi connectivity index (χ1v) is 3.54. The Labute approximate surface area is 68.8 Å². The highest BCUT2D eigenvalue weighted by Crippen LogP contribution is 2.13. The number of nitrogens with one attached hydrogen (secondary N) is 1. The van der Waals surface area contributed by atoms with Gasteiger partial charge in [-0.3, -0.25) is 0 Å². The highest BCUT2D eigenvalue weighted by molar-refractivity contribution is 5.44. The van der Waals surface area contributed by atoms with E-state index in [1.807, 2.05) is 0 Å². The summed E-state index contributed by atoms with van der Waals surface area (Å²) in [6.07, 6.45) is 0. The first-order valence-electron chi connectivity index (χ1n) is 3.54. The van der Waals surface area contributed by atoms with E-state index in [-0.39, 0.29) is 18.8 Å². The van der Waals surface area contributed by atoms with E-state index in [0.717, 1.165) is 12.1 Å². The molecule has 0 aliphatic heterocycles. The van der Waals surface area contributed by atoms with Crippen LogP contribution in [0.25, 0.3) is 0 Å². The van der Waals surface area contributed by atoms with Gasteiger partial charge in [0.05, 0.1) is 12.3 Å². The lowest BCUT2D eigenvalue weighted by Gasteiger charge is -2.04. The van der Waals surface area contributed by atoms with Gasteiger partial charge in [0.1, 0.15) is 11.6 Å². The van der Waals surface area contributed by atoms with Crippen molar-refractivity contribution in [3.8, 4) is 0 Å². The lowest BCUT2D eigenvalue weighted by molar-refractivity contribution is 0.311. The summed E-state index contributed by atoms with van der Waals surface area (Å²) in [5, 5.41) is 11.0. The minimum atomic E-state index is -0.650.